The molecular weight excluding hydrogens is 344 g/mol. The van der Waals surface area contributed by atoms with E-state index in [1.807, 2.05) is 0 Å². The minimum atomic E-state index is -0.928. The average Bonchev–Trinajstić information content (AvgIpc) is 3.28. The van der Waals surface area contributed by atoms with E-state index in [1.165, 1.54) is 23.7 Å². The van der Waals surface area contributed by atoms with Gasteiger partial charge in [-0.05, 0) is 37.5 Å². The zero-order chi connectivity index (χ0) is 17.8. The van der Waals surface area contributed by atoms with E-state index < -0.39 is 17.6 Å². The monoisotopic (exact) mass is 368 g/mol. The van der Waals surface area contributed by atoms with E-state index in [0.29, 0.717) is 18.3 Å². The van der Waals surface area contributed by atoms with Crippen molar-refractivity contribution < 1.29 is 14.6 Å². The summed E-state index contributed by atoms with van der Waals surface area (Å²) < 4.78 is 6.98. The van der Waals surface area contributed by atoms with Crippen LogP contribution in [-0.4, -0.2) is 27.5 Å². The quantitative estimate of drug-likeness (QED) is 0.794. The Balaban J connectivity index is 1.79. The molecule has 2 aliphatic rings. The van der Waals surface area contributed by atoms with Gasteiger partial charge in [0.2, 0.25) is 0 Å². The van der Waals surface area contributed by atoms with Gasteiger partial charge in [-0.25, -0.2) is 4.68 Å². The van der Waals surface area contributed by atoms with E-state index in [0.717, 1.165) is 38.5 Å². The predicted molar refractivity (Wildman–Crippen MR) is 94.2 cm³/mol. The molecule has 0 radical (unpaired) electrons. The van der Waals surface area contributed by atoms with Crippen molar-refractivity contribution in [3.05, 3.63) is 21.6 Å². The van der Waals surface area contributed by atoms with Crippen LogP contribution in [0.1, 0.15) is 63.8 Å². The summed E-state index contributed by atoms with van der Waals surface area (Å²) >= 11 is 6.23. The van der Waals surface area contributed by atoms with Crippen LogP contribution in [0.4, 0.5) is 0 Å². The molecule has 25 heavy (non-hydrogen) atoms. The van der Waals surface area contributed by atoms with Crippen LogP contribution in [0.5, 0.6) is 5.75 Å². The Bertz CT molecular complexity index is 664. The molecule has 1 unspecified atom stereocenters. The molecule has 2 fully saturated rings. The lowest BCUT2D eigenvalue weighted by Crippen LogP contribution is -2.33. The molecule has 138 valence electrons. The highest BCUT2D eigenvalue weighted by atomic mass is 35.5. The van der Waals surface area contributed by atoms with Crippen molar-refractivity contribution in [1.29, 1.82) is 0 Å². The first-order valence-corrected chi connectivity index (χ1v) is 9.56. The zero-order valence-electron chi connectivity index (χ0n) is 14.3. The minimum absolute atomic E-state index is 0.00128. The number of hydrogen-bond donors (Lipinski definition) is 1. The number of aromatic nitrogens is 2. The smallest absolute Gasteiger partial charge is 0.305 e. The standard InChI is InChI=1S/C18H25ClN2O4/c19-17-15(25-11-12-5-1-2-6-12)10-20-21(18(17)24)14(9-16(22)23)13-7-3-4-8-13/h10,12-14H,1-9,11H2,(H,22,23). The fraction of sp³-hybridized carbons (Fsp3) is 0.722. The number of nitrogens with zero attached hydrogens (tertiary/aromatic N) is 2. The minimum Gasteiger partial charge on any atom is -0.490 e. The Morgan fingerprint density at radius 1 is 1.28 bits per heavy atom. The molecule has 1 N–H and O–H groups in total. The molecule has 1 aromatic heterocycles. The molecule has 3 rings (SSSR count). The number of rotatable bonds is 7. The molecule has 0 saturated heterocycles. The lowest BCUT2D eigenvalue weighted by Gasteiger charge is -2.23. The summed E-state index contributed by atoms with van der Waals surface area (Å²) in [6, 6.07) is -0.450. The summed E-state index contributed by atoms with van der Waals surface area (Å²) in [5, 5.41) is 13.4. The average molecular weight is 369 g/mol. The van der Waals surface area contributed by atoms with Crippen LogP contribution in [0.3, 0.4) is 0 Å². The summed E-state index contributed by atoms with van der Waals surface area (Å²) in [5.74, 6) is 0.0398. The number of carbonyl (C=O) groups is 1. The highest BCUT2D eigenvalue weighted by Gasteiger charge is 2.31. The lowest BCUT2D eigenvalue weighted by molar-refractivity contribution is -0.138. The highest BCUT2D eigenvalue weighted by Crippen LogP contribution is 2.36. The Hall–Kier alpha value is -1.56. The van der Waals surface area contributed by atoms with Crippen molar-refractivity contribution in [2.75, 3.05) is 6.61 Å². The van der Waals surface area contributed by atoms with Crippen LogP contribution in [0.2, 0.25) is 5.02 Å². The second-order valence-electron chi connectivity index (χ2n) is 7.24. The van der Waals surface area contributed by atoms with Crippen LogP contribution in [-0.2, 0) is 4.79 Å². The molecule has 6 nitrogen and oxygen atoms in total. The van der Waals surface area contributed by atoms with E-state index >= 15 is 0 Å². The Labute approximate surface area is 152 Å². The number of hydrogen-bond acceptors (Lipinski definition) is 4. The van der Waals surface area contributed by atoms with Gasteiger partial charge in [-0.1, -0.05) is 37.3 Å². The first-order valence-electron chi connectivity index (χ1n) is 9.18. The lowest BCUT2D eigenvalue weighted by atomic mass is 9.95. The summed E-state index contributed by atoms with van der Waals surface area (Å²) in [4.78, 5) is 23.9. The third-order valence-corrected chi connectivity index (χ3v) is 5.85. The largest absolute Gasteiger partial charge is 0.490 e. The Morgan fingerprint density at radius 2 is 1.92 bits per heavy atom. The molecule has 0 aliphatic heterocycles. The van der Waals surface area contributed by atoms with Crippen molar-refractivity contribution >= 4 is 17.6 Å². The van der Waals surface area contributed by atoms with Crippen molar-refractivity contribution in [3.63, 3.8) is 0 Å². The van der Waals surface area contributed by atoms with Crippen molar-refractivity contribution in [2.24, 2.45) is 11.8 Å². The third-order valence-electron chi connectivity index (χ3n) is 5.50. The molecular formula is C18H25ClN2O4. The number of halogens is 1. The van der Waals surface area contributed by atoms with E-state index in [1.54, 1.807) is 0 Å². The van der Waals surface area contributed by atoms with Crippen LogP contribution >= 0.6 is 11.6 Å². The van der Waals surface area contributed by atoms with Gasteiger partial charge in [-0.15, -0.1) is 0 Å². The van der Waals surface area contributed by atoms with Gasteiger partial charge in [0.25, 0.3) is 5.56 Å². The summed E-state index contributed by atoms with van der Waals surface area (Å²) in [5.41, 5.74) is -0.455. The van der Waals surface area contributed by atoms with Gasteiger partial charge in [0.15, 0.2) is 10.8 Å². The van der Waals surface area contributed by atoms with E-state index in [4.69, 9.17) is 16.3 Å². The molecule has 2 saturated carbocycles. The normalized spacial score (nSPS) is 20.0. The number of carboxylic acids is 1. The summed E-state index contributed by atoms with van der Waals surface area (Å²) in [6.45, 7) is 0.548. The Morgan fingerprint density at radius 3 is 2.56 bits per heavy atom. The fourth-order valence-corrected chi connectivity index (χ4v) is 4.32. The maximum atomic E-state index is 12.7. The molecule has 0 amide bonds. The van der Waals surface area contributed by atoms with E-state index in [-0.39, 0.29) is 17.4 Å². The second kappa shape index (κ2) is 8.21. The van der Waals surface area contributed by atoms with Gasteiger partial charge >= 0.3 is 5.97 Å². The molecule has 1 heterocycles. The molecule has 1 aromatic rings. The van der Waals surface area contributed by atoms with Crippen molar-refractivity contribution in [1.82, 2.24) is 9.78 Å². The molecule has 0 aromatic carbocycles. The van der Waals surface area contributed by atoms with E-state index in [2.05, 4.69) is 5.10 Å². The van der Waals surface area contributed by atoms with Gasteiger partial charge in [0.1, 0.15) is 0 Å². The van der Waals surface area contributed by atoms with Crippen LogP contribution in [0, 0.1) is 11.8 Å². The molecule has 1 atom stereocenters. The maximum absolute atomic E-state index is 12.7. The van der Waals surface area contributed by atoms with E-state index in [9.17, 15) is 14.7 Å². The second-order valence-corrected chi connectivity index (χ2v) is 7.62. The van der Waals surface area contributed by atoms with Crippen LogP contribution in [0.15, 0.2) is 11.0 Å². The fourth-order valence-electron chi connectivity index (χ4n) is 4.13. The van der Waals surface area contributed by atoms with Gasteiger partial charge in [-0.2, -0.15) is 5.10 Å². The van der Waals surface area contributed by atoms with Gasteiger partial charge < -0.3 is 9.84 Å². The molecule has 0 spiro atoms. The first-order chi connectivity index (χ1) is 12.1. The number of carboxylic acid groups (broad SMARTS) is 1. The summed E-state index contributed by atoms with van der Waals surface area (Å²) in [6.07, 6.45) is 10.0. The maximum Gasteiger partial charge on any atom is 0.305 e. The van der Waals surface area contributed by atoms with Crippen molar-refractivity contribution in [3.8, 4) is 5.75 Å². The first kappa shape index (κ1) is 18.2. The van der Waals surface area contributed by atoms with Gasteiger partial charge in [-0.3, -0.25) is 9.59 Å². The summed E-state index contributed by atoms with van der Waals surface area (Å²) in [7, 11) is 0. The van der Waals surface area contributed by atoms with Crippen molar-refractivity contribution in [2.45, 2.75) is 63.8 Å². The topological polar surface area (TPSA) is 81.4 Å². The zero-order valence-corrected chi connectivity index (χ0v) is 15.1. The number of aliphatic carboxylic acids is 1. The Kier molecular flexibility index (Phi) is 5.99. The SMILES string of the molecule is O=C(O)CC(C1CCCC1)n1ncc(OCC2CCCC2)c(Cl)c1=O. The number of ether oxygens (including phenoxy) is 1. The predicted octanol–water partition coefficient (Wildman–Crippen LogP) is 3.67. The molecule has 2 aliphatic carbocycles. The van der Waals surface area contributed by atoms with Gasteiger partial charge in [0, 0.05) is 0 Å². The van der Waals surface area contributed by atoms with Crippen LogP contribution in [0.25, 0.3) is 0 Å². The highest BCUT2D eigenvalue weighted by molar-refractivity contribution is 6.31. The molecule has 7 heteroatoms. The van der Waals surface area contributed by atoms with Gasteiger partial charge in [0.05, 0.1) is 25.3 Å². The third kappa shape index (κ3) is 4.35. The molecule has 0 bridgehead atoms. The van der Waals surface area contributed by atoms with Crippen LogP contribution < -0.4 is 10.3 Å².